The molecule has 1 N–H and O–H groups in total. The number of halogens is 2. The fourth-order valence-electron chi connectivity index (χ4n) is 3.96. The normalized spacial score (nSPS) is 12.7. The third-order valence-corrected chi connectivity index (χ3v) is 5.90. The van der Waals surface area contributed by atoms with E-state index in [1.165, 1.54) is 22.6 Å². The molecule has 0 saturated heterocycles. The van der Waals surface area contributed by atoms with Crippen molar-refractivity contribution in [3.05, 3.63) is 93.7 Å². The Morgan fingerprint density at radius 1 is 0.967 bits per heavy atom. The number of aryl methyl sites for hydroxylation is 2. The number of benzene rings is 3. The molecule has 0 aliphatic heterocycles. The van der Waals surface area contributed by atoms with Crippen molar-refractivity contribution < 1.29 is 9.21 Å². The van der Waals surface area contributed by atoms with Crippen molar-refractivity contribution >= 4 is 51.6 Å². The highest BCUT2D eigenvalue weighted by molar-refractivity contribution is 6.36. The van der Waals surface area contributed by atoms with E-state index in [-0.39, 0.29) is 5.91 Å². The Labute approximate surface area is 183 Å². The Balaban J connectivity index is 1.35. The standard InChI is InChI=1S/C25H17Cl2NO2/c26-17-7-10-19(21(27)14-17)23-12-8-18(30-23)9-13-24(29)28-22-11-6-16-5-4-15-2-1-3-20(22)25(15)16/h1-3,6-14H,4-5H2,(H,28,29)/b13-9+. The number of carbonyl (C=O) groups excluding carboxylic acids is 1. The number of hydrogen-bond acceptors (Lipinski definition) is 2. The van der Waals surface area contributed by atoms with Gasteiger partial charge in [-0.2, -0.15) is 0 Å². The van der Waals surface area contributed by atoms with Crippen molar-refractivity contribution in [3.8, 4) is 11.3 Å². The van der Waals surface area contributed by atoms with Gasteiger partial charge >= 0.3 is 0 Å². The number of nitrogens with one attached hydrogen (secondary N) is 1. The molecule has 4 aromatic rings. The second-order valence-electron chi connectivity index (χ2n) is 7.26. The number of rotatable bonds is 4. The van der Waals surface area contributed by atoms with Crippen molar-refractivity contribution in [2.75, 3.05) is 5.32 Å². The van der Waals surface area contributed by atoms with Crippen LogP contribution in [0.2, 0.25) is 10.0 Å². The fourth-order valence-corrected chi connectivity index (χ4v) is 4.47. The van der Waals surface area contributed by atoms with Gasteiger partial charge in [-0.15, -0.1) is 0 Å². The third kappa shape index (κ3) is 3.51. The molecule has 1 aliphatic carbocycles. The summed E-state index contributed by atoms with van der Waals surface area (Å²) in [5.74, 6) is 0.965. The quantitative estimate of drug-likeness (QED) is 0.347. The Kier molecular flexibility index (Phi) is 4.86. The molecule has 0 saturated carbocycles. The summed E-state index contributed by atoms with van der Waals surface area (Å²) in [6.45, 7) is 0. The van der Waals surface area contributed by atoms with E-state index in [1.54, 1.807) is 30.3 Å². The van der Waals surface area contributed by atoms with Crippen LogP contribution in [0.4, 0.5) is 5.69 Å². The molecule has 1 heterocycles. The van der Waals surface area contributed by atoms with Crippen molar-refractivity contribution in [2.24, 2.45) is 0 Å². The summed E-state index contributed by atoms with van der Waals surface area (Å²) in [6.07, 6.45) is 5.23. The van der Waals surface area contributed by atoms with E-state index in [0.29, 0.717) is 21.6 Å². The third-order valence-electron chi connectivity index (χ3n) is 5.36. The SMILES string of the molecule is O=C(/C=C/c1ccc(-c2ccc(Cl)cc2Cl)o1)Nc1ccc2c3c(cccc13)CC2. The smallest absolute Gasteiger partial charge is 0.248 e. The molecule has 0 radical (unpaired) electrons. The van der Waals surface area contributed by atoms with Gasteiger partial charge < -0.3 is 9.73 Å². The predicted octanol–water partition coefficient (Wildman–Crippen LogP) is 7.16. The first-order chi connectivity index (χ1) is 14.6. The van der Waals surface area contributed by atoms with Gasteiger partial charge in [0, 0.05) is 27.7 Å². The molecule has 3 aromatic carbocycles. The van der Waals surface area contributed by atoms with E-state index in [9.17, 15) is 4.79 Å². The lowest BCUT2D eigenvalue weighted by Crippen LogP contribution is -2.08. The van der Waals surface area contributed by atoms with Crippen LogP contribution in [0.5, 0.6) is 0 Å². The van der Waals surface area contributed by atoms with Crippen LogP contribution in [0.1, 0.15) is 16.9 Å². The lowest BCUT2D eigenvalue weighted by atomic mass is 10.0. The molecule has 0 fully saturated rings. The minimum atomic E-state index is -0.212. The van der Waals surface area contributed by atoms with Gasteiger partial charge in [-0.25, -0.2) is 0 Å². The van der Waals surface area contributed by atoms with E-state index in [2.05, 4.69) is 23.5 Å². The molecule has 5 heteroatoms. The van der Waals surface area contributed by atoms with Crippen molar-refractivity contribution in [1.82, 2.24) is 0 Å². The van der Waals surface area contributed by atoms with Crippen LogP contribution in [0.3, 0.4) is 0 Å². The van der Waals surface area contributed by atoms with Crippen LogP contribution in [0, 0.1) is 0 Å². The molecule has 1 aromatic heterocycles. The van der Waals surface area contributed by atoms with E-state index < -0.39 is 0 Å². The molecule has 5 rings (SSSR count). The van der Waals surface area contributed by atoms with Crippen LogP contribution in [0.15, 0.2) is 71.2 Å². The zero-order chi connectivity index (χ0) is 20.7. The van der Waals surface area contributed by atoms with Crippen LogP contribution in [-0.4, -0.2) is 5.91 Å². The molecule has 0 bridgehead atoms. The van der Waals surface area contributed by atoms with Gasteiger partial charge in [-0.05, 0) is 71.8 Å². The summed E-state index contributed by atoms with van der Waals surface area (Å²) in [7, 11) is 0. The Morgan fingerprint density at radius 2 is 1.80 bits per heavy atom. The van der Waals surface area contributed by atoms with Gasteiger partial charge in [0.05, 0.1) is 5.02 Å². The van der Waals surface area contributed by atoms with Crippen LogP contribution in [0.25, 0.3) is 28.2 Å². The summed E-state index contributed by atoms with van der Waals surface area (Å²) in [5.41, 5.74) is 4.26. The highest BCUT2D eigenvalue weighted by Crippen LogP contribution is 2.35. The van der Waals surface area contributed by atoms with Crippen molar-refractivity contribution in [2.45, 2.75) is 12.8 Å². The first kappa shape index (κ1) is 19.0. The van der Waals surface area contributed by atoms with Gasteiger partial charge in [0.1, 0.15) is 11.5 Å². The first-order valence-electron chi connectivity index (χ1n) is 9.66. The predicted molar refractivity (Wildman–Crippen MR) is 123 cm³/mol. The largest absolute Gasteiger partial charge is 0.457 e. The summed E-state index contributed by atoms with van der Waals surface area (Å²) in [4.78, 5) is 12.5. The van der Waals surface area contributed by atoms with Gasteiger partial charge in [-0.1, -0.05) is 47.5 Å². The average molecular weight is 434 g/mol. The summed E-state index contributed by atoms with van der Waals surface area (Å²) >= 11 is 12.2. The van der Waals surface area contributed by atoms with E-state index in [0.717, 1.165) is 29.5 Å². The van der Waals surface area contributed by atoms with Crippen molar-refractivity contribution in [3.63, 3.8) is 0 Å². The number of furan rings is 1. The van der Waals surface area contributed by atoms with Gasteiger partial charge in [0.15, 0.2) is 0 Å². The topological polar surface area (TPSA) is 42.2 Å². The zero-order valence-corrected chi connectivity index (χ0v) is 17.4. The summed E-state index contributed by atoms with van der Waals surface area (Å²) in [5, 5.41) is 6.42. The number of hydrogen-bond donors (Lipinski definition) is 1. The van der Waals surface area contributed by atoms with Crippen LogP contribution >= 0.6 is 23.2 Å². The molecular formula is C25H17Cl2NO2. The van der Waals surface area contributed by atoms with E-state index in [4.69, 9.17) is 27.6 Å². The second kappa shape index (κ2) is 7.67. The molecular weight excluding hydrogens is 417 g/mol. The minimum Gasteiger partial charge on any atom is -0.457 e. The lowest BCUT2D eigenvalue weighted by Gasteiger charge is -2.09. The molecule has 0 spiro atoms. The zero-order valence-electron chi connectivity index (χ0n) is 15.9. The highest BCUT2D eigenvalue weighted by atomic mass is 35.5. The number of carbonyl (C=O) groups is 1. The molecule has 0 atom stereocenters. The average Bonchev–Trinajstić information content (AvgIpc) is 3.37. The Bertz CT molecular complexity index is 1310. The maximum Gasteiger partial charge on any atom is 0.248 e. The lowest BCUT2D eigenvalue weighted by molar-refractivity contribution is -0.111. The maximum absolute atomic E-state index is 12.5. The first-order valence-corrected chi connectivity index (χ1v) is 10.4. The van der Waals surface area contributed by atoms with Gasteiger partial charge in [0.2, 0.25) is 5.91 Å². The Hall–Kier alpha value is -3.01. The molecule has 148 valence electrons. The van der Waals surface area contributed by atoms with Gasteiger partial charge in [0.25, 0.3) is 0 Å². The Morgan fingerprint density at radius 3 is 2.63 bits per heavy atom. The van der Waals surface area contributed by atoms with Crippen LogP contribution in [-0.2, 0) is 17.6 Å². The summed E-state index contributed by atoms with van der Waals surface area (Å²) in [6, 6.07) is 19.2. The fraction of sp³-hybridized carbons (Fsp3) is 0.0800. The minimum absolute atomic E-state index is 0.212. The van der Waals surface area contributed by atoms with Crippen molar-refractivity contribution in [1.29, 1.82) is 0 Å². The number of amides is 1. The molecule has 1 amide bonds. The molecule has 0 unspecified atom stereocenters. The molecule has 1 aliphatic rings. The summed E-state index contributed by atoms with van der Waals surface area (Å²) < 4.78 is 5.81. The maximum atomic E-state index is 12.5. The van der Waals surface area contributed by atoms with E-state index in [1.807, 2.05) is 18.2 Å². The molecule has 30 heavy (non-hydrogen) atoms. The van der Waals surface area contributed by atoms with E-state index >= 15 is 0 Å². The highest BCUT2D eigenvalue weighted by Gasteiger charge is 2.16. The second-order valence-corrected chi connectivity index (χ2v) is 8.10. The van der Waals surface area contributed by atoms with Gasteiger partial charge in [-0.3, -0.25) is 4.79 Å². The number of anilines is 1. The van der Waals surface area contributed by atoms with Crippen LogP contribution < -0.4 is 5.32 Å². The molecule has 3 nitrogen and oxygen atoms in total. The monoisotopic (exact) mass is 433 g/mol.